The molecule has 0 amide bonds. The normalized spacial score (nSPS) is 11.6. The first-order chi connectivity index (χ1) is 9.74. The Balaban J connectivity index is 2.91. The van der Waals surface area contributed by atoms with E-state index in [1.165, 1.54) is 12.3 Å². The maximum Gasteiger partial charge on any atom is 0.292 e. The van der Waals surface area contributed by atoms with E-state index in [-0.39, 0.29) is 11.4 Å². The number of nitrogens with zero attached hydrogens (tertiary/aromatic N) is 2. The van der Waals surface area contributed by atoms with Crippen LogP contribution in [0, 0.1) is 10.1 Å². The zero-order valence-electron chi connectivity index (χ0n) is 12.5. The summed E-state index contributed by atoms with van der Waals surface area (Å²) in [5, 5.41) is 14.1. The van der Waals surface area contributed by atoms with Gasteiger partial charge in [-0.3, -0.25) is 10.1 Å². The number of nitrogens with one attached hydrogen (secondary N) is 1. The Kier molecular flexibility index (Phi) is 6.10. The quantitative estimate of drug-likeness (QED) is 0.577. The maximum absolute atomic E-state index is 11.2. The summed E-state index contributed by atoms with van der Waals surface area (Å²) in [5.74, 6) is 0.0645. The van der Waals surface area contributed by atoms with Crippen molar-refractivity contribution in [3.05, 3.63) is 33.9 Å². The Hall–Kier alpha value is -1.67. The van der Waals surface area contributed by atoms with Gasteiger partial charge in [0.15, 0.2) is 0 Å². The maximum atomic E-state index is 11.2. The van der Waals surface area contributed by atoms with Crippen LogP contribution in [0.15, 0.2) is 18.2 Å². The smallest absolute Gasteiger partial charge is 0.292 e. The first-order valence-electron chi connectivity index (χ1n) is 6.61. The van der Waals surface area contributed by atoms with Gasteiger partial charge in [0.25, 0.3) is 5.69 Å². The molecule has 0 aliphatic carbocycles. The third-order valence-corrected chi connectivity index (χ3v) is 3.89. The van der Waals surface area contributed by atoms with Gasteiger partial charge >= 0.3 is 0 Å². The zero-order chi connectivity index (χ0) is 16.0. The Morgan fingerprint density at radius 1 is 1.38 bits per heavy atom. The van der Waals surface area contributed by atoms with Gasteiger partial charge in [-0.05, 0) is 19.5 Å². The number of hydrogen-bond acceptors (Lipinski definition) is 6. The van der Waals surface area contributed by atoms with Crippen molar-refractivity contribution < 1.29 is 13.3 Å². The molecule has 1 N–H and O–H groups in total. The molecule has 0 fully saturated rings. The molecule has 0 bridgehead atoms. The van der Waals surface area contributed by atoms with Crippen LogP contribution < -0.4 is 5.32 Å². The second-order valence-electron chi connectivity index (χ2n) is 4.97. The van der Waals surface area contributed by atoms with Gasteiger partial charge in [0.1, 0.15) is 15.5 Å². The van der Waals surface area contributed by atoms with E-state index in [1.54, 1.807) is 13.1 Å². The molecule has 0 aliphatic rings. The Labute approximate surface area is 125 Å². The third kappa shape index (κ3) is 5.68. The second kappa shape index (κ2) is 7.37. The predicted molar refractivity (Wildman–Crippen MR) is 83.3 cm³/mol. The number of benzene rings is 1. The van der Waals surface area contributed by atoms with E-state index in [1.807, 2.05) is 17.9 Å². The van der Waals surface area contributed by atoms with Gasteiger partial charge in [-0.15, -0.1) is 0 Å². The summed E-state index contributed by atoms with van der Waals surface area (Å²) < 4.78 is 22.3. The second-order valence-corrected chi connectivity index (χ2v) is 7.23. The number of rotatable bonds is 8. The van der Waals surface area contributed by atoms with Gasteiger partial charge in [0.2, 0.25) is 0 Å². The zero-order valence-corrected chi connectivity index (χ0v) is 13.3. The first-order valence-corrected chi connectivity index (χ1v) is 8.67. The molecule has 0 saturated carbocycles. The molecule has 1 aromatic rings. The van der Waals surface area contributed by atoms with Gasteiger partial charge in [0.05, 0.1) is 10.7 Å². The molecule has 0 aliphatic heterocycles. The van der Waals surface area contributed by atoms with Crippen molar-refractivity contribution in [2.24, 2.45) is 0 Å². The van der Waals surface area contributed by atoms with Crippen LogP contribution in [0.25, 0.3) is 0 Å². The van der Waals surface area contributed by atoms with E-state index in [9.17, 15) is 18.5 Å². The van der Waals surface area contributed by atoms with Crippen molar-refractivity contribution in [3.8, 4) is 0 Å². The molecule has 0 heterocycles. The van der Waals surface area contributed by atoms with Crippen molar-refractivity contribution in [3.63, 3.8) is 0 Å². The predicted octanol–water partition coefficient (Wildman–Crippen LogP) is 1.50. The average molecular weight is 315 g/mol. The fraction of sp³-hybridized carbons (Fsp3) is 0.538. The number of anilines is 1. The molecule has 21 heavy (non-hydrogen) atoms. The summed E-state index contributed by atoms with van der Waals surface area (Å²) in [4.78, 5) is 12.5. The molecule has 0 spiro atoms. The third-order valence-electron chi connectivity index (χ3n) is 2.96. The number of para-hydroxylation sites is 1. The largest absolute Gasteiger partial charge is 0.380 e. The summed E-state index contributed by atoms with van der Waals surface area (Å²) in [6.45, 7) is 3.27. The first kappa shape index (κ1) is 17.4. The number of nitro benzene ring substituents is 1. The number of hydrogen-bond donors (Lipinski definition) is 1. The standard InChI is InChI=1S/C13H21N3O4S/c1-4-14-13-11(6-5-7-12(13)16(17)18)10-15(2)8-9-21(3,19)20/h5-7,14H,4,8-10H2,1-3H3. The van der Waals surface area contributed by atoms with E-state index in [0.29, 0.717) is 25.3 Å². The molecule has 0 radical (unpaired) electrons. The summed E-state index contributed by atoms with van der Waals surface area (Å²) in [6, 6.07) is 4.90. The Bertz CT molecular complexity index is 601. The lowest BCUT2D eigenvalue weighted by Gasteiger charge is -2.18. The molecule has 0 atom stereocenters. The monoisotopic (exact) mass is 315 g/mol. The van der Waals surface area contributed by atoms with Crippen LogP contribution in [0.2, 0.25) is 0 Å². The highest BCUT2D eigenvalue weighted by Gasteiger charge is 2.17. The van der Waals surface area contributed by atoms with Crippen molar-refractivity contribution >= 4 is 21.2 Å². The SMILES string of the molecule is CCNc1c(CN(C)CCS(C)(=O)=O)cccc1[N+](=O)[O-]. The molecule has 8 heteroatoms. The lowest BCUT2D eigenvalue weighted by Crippen LogP contribution is -2.25. The highest BCUT2D eigenvalue weighted by molar-refractivity contribution is 7.90. The van der Waals surface area contributed by atoms with E-state index < -0.39 is 14.8 Å². The molecule has 0 saturated heterocycles. The lowest BCUT2D eigenvalue weighted by atomic mass is 10.1. The van der Waals surface area contributed by atoms with Gasteiger partial charge in [0, 0.05) is 32.0 Å². The molecule has 1 rings (SSSR count). The van der Waals surface area contributed by atoms with E-state index in [2.05, 4.69) is 5.32 Å². The van der Waals surface area contributed by atoms with Gasteiger partial charge in [-0.25, -0.2) is 8.42 Å². The molecule has 118 valence electrons. The summed E-state index contributed by atoms with van der Waals surface area (Å²) in [6.07, 6.45) is 1.19. The van der Waals surface area contributed by atoms with Crippen LogP contribution in [0.1, 0.15) is 12.5 Å². The van der Waals surface area contributed by atoms with Crippen molar-refractivity contribution in [2.75, 3.05) is 37.5 Å². The van der Waals surface area contributed by atoms with E-state index >= 15 is 0 Å². The summed E-state index contributed by atoms with van der Waals surface area (Å²) in [7, 11) is -1.23. The molecule has 0 aromatic heterocycles. The molecular weight excluding hydrogens is 294 g/mol. The fourth-order valence-electron chi connectivity index (χ4n) is 1.94. The highest BCUT2D eigenvalue weighted by atomic mass is 32.2. The van der Waals surface area contributed by atoms with E-state index in [4.69, 9.17) is 0 Å². The van der Waals surface area contributed by atoms with Gasteiger partial charge in [-0.1, -0.05) is 12.1 Å². The van der Waals surface area contributed by atoms with Crippen LogP contribution in [0.4, 0.5) is 11.4 Å². The van der Waals surface area contributed by atoms with Crippen LogP contribution in [-0.2, 0) is 16.4 Å². The Morgan fingerprint density at radius 2 is 2.05 bits per heavy atom. The van der Waals surface area contributed by atoms with Crippen LogP contribution in [0.3, 0.4) is 0 Å². The molecule has 1 aromatic carbocycles. The van der Waals surface area contributed by atoms with Crippen LogP contribution in [0.5, 0.6) is 0 Å². The Morgan fingerprint density at radius 3 is 2.57 bits per heavy atom. The fourth-order valence-corrected chi connectivity index (χ4v) is 2.59. The van der Waals surface area contributed by atoms with Crippen molar-refractivity contribution in [1.82, 2.24) is 4.90 Å². The average Bonchev–Trinajstić information content (AvgIpc) is 2.37. The lowest BCUT2D eigenvalue weighted by molar-refractivity contribution is -0.384. The van der Waals surface area contributed by atoms with Crippen molar-refractivity contribution in [2.45, 2.75) is 13.5 Å². The summed E-state index contributed by atoms with van der Waals surface area (Å²) >= 11 is 0. The minimum Gasteiger partial charge on any atom is -0.380 e. The van der Waals surface area contributed by atoms with E-state index in [0.717, 1.165) is 5.56 Å². The van der Waals surface area contributed by atoms with Crippen LogP contribution in [-0.4, -0.2) is 50.4 Å². The molecular formula is C13H21N3O4S. The molecule has 0 unspecified atom stereocenters. The van der Waals surface area contributed by atoms with Crippen molar-refractivity contribution in [1.29, 1.82) is 0 Å². The minimum absolute atomic E-state index is 0.0332. The van der Waals surface area contributed by atoms with Crippen LogP contribution >= 0.6 is 0 Å². The topological polar surface area (TPSA) is 92.6 Å². The highest BCUT2D eigenvalue weighted by Crippen LogP contribution is 2.28. The molecule has 7 nitrogen and oxygen atoms in total. The minimum atomic E-state index is -3.02. The summed E-state index contributed by atoms with van der Waals surface area (Å²) in [5.41, 5.74) is 1.31. The number of nitro groups is 1. The van der Waals surface area contributed by atoms with Gasteiger partial charge < -0.3 is 10.2 Å². The van der Waals surface area contributed by atoms with Gasteiger partial charge in [-0.2, -0.15) is 0 Å². The number of sulfone groups is 1.